The molecule has 0 heterocycles. The molecular formula is C22H28Cl2O4. The summed E-state index contributed by atoms with van der Waals surface area (Å²) in [6.07, 6.45) is 1.15. The van der Waals surface area contributed by atoms with Gasteiger partial charge in [-0.1, -0.05) is 62.5 Å². The van der Waals surface area contributed by atoms with Gasteiger partial charge in [-0.3, -0.25) is 0 Å². The second-order valence-corrected chi connectivity index (χ2v) is 8.08. The molecule has 0 bridgehead atoms. The average Bonchev–Trinajstić information content (AvgIpc) is 2.67. The molecule has 0 unspecified atom stereocenters. The number of hydrogen-bond acceptors (Lipinski definition) is 4. The molecule has 28 heavy (non-hydrogen) atoms. The largest absolute Gasteiger partial charge is 0.494 e. The van der Waals surface area contributed by atoms with E-state index < -0.39 is 12.7 Å². The van der Waals surface area contributed by atoms with Crippen molar-refractivity contribution >= 4 is 23.2 Å². The van der Waals surface area contributed by atoms with Crippen molar-refractivity contribution in [1.29, 1.82) is 0 Å². The molecule has 0 radical (unpaired) electrons. The van der Waals surface area contributed by atoms with Crippen molar-refractivity contribution < 1.29 is 19.7 Å². The quantitative estimate of drug-likeness (QED) is 0.510. The van der Waals surface area contributed by atoms with Crippen molar-refractivity contribution in [2.24, 2.45) is 0 Å². The lowest BCUT2D eigenvalue weighted by molar-refractivity contribution is 0.0536. The van der Waals surface area contributed by atoms with Gasteiger partial charge in [-0.2, -0.15) is 0 Å². The molecule has 154 valence electrons. The highest BCUT2D eigenvalue weighted by Gasteiger charge is 2.26. The Morgan fingerprint density at radius 2 is 1.61 bits per heavy atom. The van der Waals surface area contributed by atoms with E-state index in [1.807, 2.05) is 36.4 Å². The fourth-order valence-corrected chi connectivity index (χ4v) is 3.36. The number of unbranched alkanes of at least 4 members (excludes halogenated alkanes) is 1. The van der Waals surface area contributed by atoms with Crippen molar-refractivity contribution in [3.05, 3.63) is 57.6 Å². The number of aliphatic hydroxyl groups is 2. The van der Waals surface area contributed by atoms with Crippen LogP contribution in [0.5, 0.6) is 11.5 Å². The molecule has 2 aromatic carbocycles. The minimum Gasteiger partial charge on any atom is -0.494 e. The van der Waals surface area contributed by atoms with Crippen molar-refractivity contribution in [3.63, 3.8) is 0 Å². The fraction of sp³-hybridized carbons (Fsp3) is 0.455. The molecule has 4 nitrogen and oxygen atoms in total. The third kappa shape index (κ3) is 5.77. The van der Waals surface area contributed by atoms with Crippen molar-refractivity contribution in [3.8, 4) is 11.5 Å². The summed E-state index contributed by atoms with van der Waals surface area (Å²) < 4.78 is 11.2. The first-order valence-electron chi connectivity index (χ1n) is 9.44. The molecule has 0 aromatic heterocycles. The summed E-state index contributed by atoms with van der Waals surface area (Å²) in [6, 6.07) is 11.7. The zero-order valence-electron chi connectivity index (χ0n) is 16.5. The molecule has 0 saturated carbocycles. The van der Waals surface area contributed by atoms with E-state index in [1.165, 1.54) is 0 Å². The Morgan fingerprint density at radius 3 is 2.14 bits per heavy atom. The van der Waals surface area contributed by atoms with Gasteiger partial charge in [0.05, 0.1) is 23.3 Å². The number of benzene rings is 2. The van der Waals surface area contributed by atoms with Crippen LogP contribution in [0, 0.1) is 0 Å². The highest BCUT2D eigenvalue weighted by Crippen LogP contribution is 2.40. The van der Waals surface area contributed by atoms with E-state index >= 15 is 0 Å². The molecule has 0 fully saturated rings. The molecule has 2 N–H and O–H groups in total. The maximum Gasteiger partial charge on any atom is 0.156 e. The van der Waals surface area contributed by atoms with Gasteiger partial charge in [-0.15, -0.1) is 0 Å². The van der Waals surface area contributed by atoms with Crippen LogP contribution in [0.2, 0.25) is 10.0 Å². The van der Waals surface area contributed by atoms with Crippen LogP contribution in [0.4, 0.5) is 0 Å². The summed E-state index contributed by atoms with van der Waals surface area (Å²) in [5, 5.41) is 19.1. The van der Waals surface area contributed by atoms with Gasteiger partial charge >= 0.3 is 0 Å². The van der Waals surface area contributed by atoms with Gasteiger partial charge in [0, 0.05) is 5.41 Å². The van der Waals surface area contributed by atoms with Crippen LogP contribution in [-0.4, -0.2) is 36.1 Å². The SMILES string of the molecule is CCCCOc1ccc(C(C)(C)c2cc(Cl)c(OC[C@H](O)CO)c(Cl)c2)cc1. The third-order valence-electron chi connectivity index (χ3n) is 4.69. The van der Waals surface area contributed by atoms with E-state index in [2.05, 4.69) is 20.8 Å². The van der Waals surface area contributed by atoms with E-state index in [-0.39, 0.29) is 12.0 Å². The van der Waals surface area contributed by atoms with Crippen molar-refractivity contribution in [1.82, 2.24) is 0 Å². The van der Waals surface area contributed by atoms with E-state index in [1.54, 1.807) is 0 Å². The van der Waals surface area contributed by atoms with Crippen LogP contribution in [0.3, 0.4) is 0 Å². The van der Waals surface area contributed by atoms with Gasteiger partial charge in [0.2, 0.25) is 0 Å². The average molecular weight is 427 g/mol. The molecule has 0 spiro atoms. The molecule has 2 rings (SSSR count). The van der Waals surface area contributed by atoms with Crippen LogP contribution < -0.4 is 9.47 Å². The first-order valence-corrected chi connectivity index (χ1v) is 10.2. The zero-order valence-corrected chi connectivity index (χ0v) is 18.1. The second-order valence-electron chi connectivity index (χ2n) is 7.27. The van der Waals surface area contributed by atoms with Gasteiger partial charge in [-0.05, 0) is 41.8 Å². The second kappa shape index (κ2) is 10.4. The Hall–Kier alpha value is -1.46. The summed E-state index contributed by atoms with van der Waals surface area (Å²) in [5.41, 5.74) is 1.71. The number of rotatable bonds is 10. The predicted octanol–water partition coefficient (Wildman–Crippen LogP) is 5.23. The van der Waals surface area contributed by atoms with Gasteiger partial charge in [-0.25, -0.2) is 0 Å². The summed E-state index contributed by atoms with van der Waals surface area (Å²) in [6.45, 7) is 6.57. The Kier molecular flexibility index (Phi) is 8.44. The van der Waals surface area contributed by atoms with Crippen LogP contribution in [0.25, 0.3) is 0 Å². The van der Waals surface area contributed by atoms with E-state index in [0.29, 0.717) is 15.8 Å². The van der Waals surface area contributed by atoms with Crippen LogP contribution in [0.1, 0.15) is 44.7 Å². The Labute approximate surface area is 177 Å². The van der Waals surface area contributed by atoms with Crippen LogP contribution >= 0.6 is 23.2 Å². The molecule has 0 aliphatic heterocycles. The monoisotopic (exact) mass is 426 g/mol. The van der Waals surface area contributed by atoms with Crippen molar-refractivity contribution in [2.45, 2.75) is 45.1 Å². The minimum absolute atomic E-state index is 0.0851. The lowest BCUT2D eigenvalue weighted by atomic mass is 9.78. The van der Waals surface area contributed by atoms with Crippen molar-refractivity contribution in [2.75, 3.05) is 19.8 Å². The fourth-order valence-electron chi connectivity index (χ4n) is 2.76. The topological polar surface area (TPSA) is 58.9 Å². The van der Waals surface area contributed by atoms with Crippen LogP contribution in [0.15, 0.2) is 36.4 Å². The number of aliphatic hydroxyl groups excluding tert-OH is 2. The zero-order chi connectivity index (χ0) is 20.7. The summed E-state index contributed by atoms with van der Waals surface area (Å²) in [7, 11) is 0. The molecule has 0 saturated heterocycles. The standard InChI is InChI=1S/C22H28Cl2O4/c1-4-5-10-27-18-8-6-15(7-9-18)22(2,3)16-11-19(23)21(20(24)12-16)28-14-17(26)13-25/h6-9,11-12,17,25-26H,4-5,10,13-14H2,1-3H3/t17-/m1/s1. The molecule has 0 aliphatic rings. The first-order chi connectivity index (χ1) is 13.3. The Bertz CT molecular complexity index is 737. The van der Waals surface area contributed by atoms with Gasteiger partial charge in [0.25, 0.3) is 0 Å². The molecule has 1 atom stereocenters. The maximum absolute atomic E-state index is 9.45. The Balaban J connectivity index is 2.20. The Morgan fingerprint density at radius 1 is 1.00 bits per heavy atom. The number of halogens is 2. The normalized spacial score (nSPS) is 12.7. The maximum atomic E-state index is 9.45. The molecule has 0 amide bonds. The third-order valence-corrected chi connectivity index (χ3v) is 5.25. The van der Waals surface area contributed by atoms with E-state index in [9.17, 15) is 5.11 Å². The van der Waals surface area contributed by atoms with Gasteiger partial charge in [0.15, 0.2) is 5.75 Å². The molecule has 2 aromatic rings. The van der Waals surface area contributed by atoms with Crippen LogP contribution in [-0.2, 0) is 5.41 Å². The van der Waals surface area contributed by atoms with E-state index in [4.69, 9.17) is 37.8 Å². The first kappa shape index (κ1) is 22.8. The highest BCUT2D eigenvalue weighted by molar-refractivity contribution is 6.37. The summed E-state index contributed by atoms with van der Waals surface area (Å²) in [4.78, 5) is 0. The smallest absolute Gasteiger partial charge is 0.156 e. The summed E-state index contributed by atoms with van der Waals surface area (Å²) in [5.74, 6) is 1.16. The van der Waals surface area contributed by atoms with E-state index in [0.717, 1.165) is 36.3 Å². The summed E-state index contributed by atoms with van der Waals surface area (Å²) >= 11 is 12.8. The lowest BCUT2D eigenvalue weighted by Gasteiger charge is -2.27. The number of ether oxygens (including phenoxy) is 2. The lowest BCUT2D eigenvalue weighted by Crippen LogP contribution is -2.22. The van der Waals surface area contributed by atoms with Gasteiger partial charge in [0.1, 0.15) is 18.5 Å². The highest BCUT2D eigenvalue weighted by atomic mass is 35.5. The molecule has 0 aliphatic carbocycles. The predicted molar refractivity (Wildman–Crippen MR) is 114 cm³/mol. The van der Waals surface area contributed by atoms with Gasteiger partial charge < -0.3 is 19.7 Å². The molecule has 6 heteroatoms. The minimum atomic E-state index is -0.985. The molecular weight excluding hydrogens is 399 g/mol. The number of hydrogen-bond donors (Lipinski definition) is 2.